The third-order valence-electron chi connectivity index (χ3n) is 2.57. The Kier molecular flexibility index (Phi) is 4.18. The third kappa shape index (κ3) is 3.45. The molecule has 0 aliphatic carbocycles. The number of Topliss-reactive ketones (excluding diaryl/α,β-unsaturated/α-hetero) is 1. The van der Waals surface area contributed by atoms with E-state index in [1.165, 1.54) is 0 Å². The van der Waals surface area contributed by atoms with Crippen molar-refractivity contribution in [2.75, 3.05) is 13.6 Å². The minimum atomic E-state index is 0.0477. The van der Waals surface area contributed by atoms with E-state index in [-0.39, 0.29) is 5.78 Å². The lowest BCUT2D eigenvalue weighted by Gasteiger charge is -2.14. The van der Waals surface area contributed by atoms with Gasteiger partial charge in [-0.15, -0.1) is 0 Å². The highest BCUT2D eigenvalue weighted by Gasteiger charge is 2.10. The SMILES string of the molecule is CN(CC(=O)c1cccc(Cl)c1)Cc1ccco1. The Balaban J connectivity index is 1.95. The number of hydrogen-bond acceptors (Lipinski definition) is 3. The van der Waals surface area contributed by atoms with Crippen molar-refractivity contribution in [3.8, 4) is 0 Å². The molecule has 2 aromatic rings. The van der Waals surface area contributed by atoms with Crippen LogP contribution in [0.25, 0.3) is 0 Å². The van der Waals surface area contributed by atoms with Crippen LogP contribution in [0, 0.1) is 0 Å². The molecule has 0 unspecified atom stereocenters. The fourth-order valence-electron chi connectivity index (χ4n) is 1.72. The molecule has 1 aromatic heterocycles. The fourth-order valence-corrected chi connectivity index (χ4v) is 1.91. The van der Waals surface area contributed by atoms with Gasteiger partial charge < -0.3 is 4.42 Å². The molecule has 0 aliphatic rings. The summed E-state index contributed by atoms with van der Waals surface area (Å²) in [7, 11) is 1.88. The number of carbonyl (C=O) groups excluding carboxylic acids is 1. The largest absolute Gasteiger partial charge is 0.468 e. The number of nitrogens with zero attached hydrogens (tertiary/aromatic N) is 1. The number of hydrogen-bond donors (Lipinski definition) is 0. The first kappa shape index (κ1) is 12.9. The molecule has 0 saturated heterocycles. The zero-order valence-electron chi connectivity index (χ0n) is 10.1. The van der Waals surface area contributed by atoms with E-state index in [4.69, 9.17) is 16.0 Å². The predicted molar refractivity (Wildman–Crippen MR) is 70.8 cm³/mol. The van der Waals surface area contributed by atoms with Crippen LogP contribution in [0.3, 0.4) is 0 Å². The molecule has 1 aromatic carbocycles. The highest BCUT2D eigenvalue weighted by atomic mass is 35.5. The van der Waals surface area contributed by atoms with Crippen LogP contribution in [0.5, 0.6) is 0 Å². The summed E-state index contributed by atoms with van der Waals surface area (Å²) in [6.07, 6.45) is 1.63. The number of ketones is 1. The Bertz CT molecular complexity index is 522. The zero-order valence-corrected chi connectivity index (χ0v) is 10.9. The summed E-state index contributed by atoms with van der Waals surface area (Å²) in [5.74, 6) is 0.892. The van der Waals surface area contributed by atoms with E-state index in [0.29, 0.717) is 23.7 Å². The average molecular weight is 264 g/mol. The van der Waals surface area contributed by atoms with Gasteiger partial charge in [0.15, 0.2) is 5.78 Å². The standard InChI is InChI=1S/C14H14ClNO2/c1-16(9-13-6-3-7-18-13)10-14(17)11-4-2-5-12(15)8-11/h2-8H,9-10H2,1H3. The normalized spacial score (nSPS) is 10.8. The lowest BCUT2D eigenvalue weighted by Crippen LogP contribution is -2.25. The minimum absolute atomic E-state index is 0.0477. The maximum atomic E-state index is 12.0. The van der Waals surface area contributed by atoms with E-state index >= 15 is 0 Å². The van der Waals surface area contributed by atoms with Gasteiger partial charge in [-0.25, -0.2) is 0 Å². The van der Waals surface area contributed by atoms with Crippen molar-refractivity contribution >= 4 is 17.4 Å². The third-order valence-corrected chi connectivity index (χ3v) is 2.80. The lowest BCUT2D eigenvalue weighted by molar-refractivity contribution is 0.0939. The molecule has 1 heterocycles. The molecule has 4 heteroatoms. The van der Waals surface area contributed by atoms with E-state index in [9.17, 15) is 4.79 Å². The molecule has 0 radical (unpaired) electrons. The van der Waals surface area contributed by atoms with Gasteiger partial charge in [-0.2, -0.15) is 0 Å². The van der Waals surface area contributed by atoms with Gasteiger partial charge in [0.25, 0.3) is 0 Å². The molecule has 0 atom stereocenters. The Labute approximate surface area is 111 Å². The molecule has 2 rings (SSSR count). The second-order valence-corrected chi connectivity index (χ2v) is 4.62. The summed E-state index contributed by atoms with van der Waals surface area (Å²) in [6, 6.07) is 10.7. The van der Waals surface area contributed by atoms with Gasteiger partial charge in [-0.05, 0) is 31.3 Å². The topological polar surface area (TPSA) is 33.5 Å². The van der Waals surface area contributed by atoms with Crippen molar-refractivity contribution in [3.63, 3.8) is 0 Å². The van der Waals surface area contributed by atoms with Crippen molar-refractivity contribution in [1.82, 2.24) is 4.90 Å². The first-order valence-electron chi connectivity index (χ1n) is 5.65. The molecule has 0 spiro atoms. The smallest absolute Gasteiger partial charge is 0.176 e. The summed E-state index contributed by atoms with van der Waals surface area (Å²) in [5.41, 5.74) is 0.633. The Morgan fingerprint density at radius 2 is 2.17 bits per heavy atom. The van der Waals surface area contributed by atoms with Crippen LogP contribution in [-0.4, -0.2) is 24.3 Å². The number of rotatable bonds is 5. The molecule has 0 amide bonds. The number of furan rings is 1. The van der Waals surface area contributed by atoms with E-state index < -0.39 is 0 Å². The molecule has 0 bridgehead atoms. The van der Waals surface area contributed by atoms with Crippen LogP contribution in [0.4, 0.5) is 0 Å². The van der Waals surface area contributed by atoms with Gasteiger partial charge in [0.2, 0.25) is 0 Å². The van der Waals surface area contributed by atoms with Gasteiger partial charge >= 0.3 is 0 Å². The van der Waals surface area contributed by atoms with Crippen molar-refractivity contribution in [1.29, 1.82) is 0 Å². The van der Waals surface area contributed by atoms with Crippen LogP contribution >= 0.6 is 11.6 Å². The van der Waals surface area contributed by atoms with Crippen LogP contribution in [0.2, 0.25) is 5.02 Å². The van der Waals surface area contributed by atoms with Gasteiger partial charge in [-0.1, -0.05) is 23.7 Å². The zero-order chi connectivity index (χ0) is 13.0. The van der Waals surface area contributed by atoms with Crippen LogP contribution in [0.1, 0.15) is 16.1 Å². The molecule has 0 aliphatic heterocycles. The average Bonchev–Trinajstić information content (AvgIpc) is 2.81. The number of benzene rings is 1. The molecule has 0 saturated carbocycles. The van der Waals surface area contributed by atoms with E-state index in [1.807, 2.05) is 24.1 Å². The highest BCUT2D eigenvalue weighted by Crippen LogP contribution is 2.12. The highest BCUT2D eigenvalue weighted by molar-refractivity contribution is 6.31. The summed E-state index contributed by atoms with van der Waals surface area (Å²) in [4.78, 5) is 13.9. The quantitative estimate of drug-likeness (QED) is 0.777. The van der Waals surface area contributed by atoms with Crippen molar-refractivity contribution in [2.45, 2.75) is 6.54 Å². The maximum absolute atomic E-state index is 12.0. The van der Waals surface area contributed by atoms with Crippen molar-refractivity contribution in [2.24, 2.45) is 0 Å². The minimum Gasteiger partial charge on any atom is -0.468 e. The van der Waals surface area contributed by atoms with Crippen LogP contribution in [0.15, 0.2) is 47.1 Å². The fraction of sp³-hybridized carbons (Fsp3) is 0.214. The van der Waals surface area contributed by atoms with Crippen LogP contribution < -0.4 is 0 Å². The molecular weight excluding hydrogens is 250 g/mol. The Morgan fingerprint density at radius 1 is 1.33 bits per heavy atom. The summed E-state index contributed by atoms with van der Waals surface area (Å²) >= 11 is 5.86. The van der Waals surface area contributed by atoms with Gasteiger partial charge in [0.05, 0.1) is 19.4 Å². The van der Waals surface area contributed by atoms with E-state index in [2.05, 4.69) is 0 Å². The van der Waals surface area contributed by atoms with Crippen molar-refractivity contribution < 1.29 is 9.21 Å². The second-order valence-electron chi connectivity index (χ2n) is 4.19. The van der Waals surface area contributed by atoms with Gasteiger partial charge in [-0.3, -0.25) is 9.69 Å². The molecule has 3 nitrogen and oxygen atoms in total. The first-order valence-corrected chi connectivity index (χ1v) is 6.02. The maximum Gasteiger partial charge on any atom is 0.176 e. The van der Waals surface area contributed by atoms with Crippen LogP contribution in [-0.2, 0) is 6.54 Å². The van der Waals surface area contributed by atoms with E-state index in [1.54, 1.807) is 30.5 Å². The number of likely N-dealkylation sites (N-methyl/N-ethyl adjacent to an activating group) is 1. The summed E-state index contributed by atoms with van der Waals surface area (Å²) < 4.78 is 5.24. The molecule has 0 N–H and O–H groups in total. The van der Waals surface area contributed by atoms with Crippen molar-refractivity contribution in [3.05, 3.63) is 59.0 Å². The summed E-state index contributed by atoms with van der Waals surface area (Å²) in [6.45, 7) is 0.945. The molecule has 18 heavy (non-hydrogen) atoms. The number of carbonyl (C=O) groups is 1. The molecule has 94 valence electrons. The summed E-state index contributed by atoms with van der Waals surface area (Å²) in [5, 5.41) is 0.578. The first-order chi connectivity index (χ1) is 8.65. The second kappa shape index (κ2) is 5.85. The molecular formula is C14H14ClNO2. The Hall–Kier alpha value is -1.58. The number of halogens is 1. The Morgan fingerprint density at radius 3 is 2.83 bits per heavy atom. The predicted octanol–water partition coefficient (Wildman–Crippen LogP) is 3.25. The van der Waals surface area contributed by atoms with Gasteiger partial charge in [0, 0.05) is 10.6 Å². The monoisotopic (exact) mass is 263 g/mol. The molecule has 0 fully saturated rings. The lowest BCUT2D eigenvalue weighted by atomic mass is 10.1. The van der Waals surface area contributed by atoms with Gasteiger partial charge in [0.1, 0.15) is 5.76 Å². The van der Waals surface area contributed by atoms with E-state index in [0.717, 1.165) is 5.76 Å².